The van der Waals surface area contributed by atoms with Crippen LogP contribution in [0.2, 0.25) is 0 Å². The molecule has 0 fully saturated rings. The molecule has 3 N–H and O–H groups in total. The van der Waals surface area contributed by atoms with Gasteiger partial charge in [0.05, 0.1) is 6.33 Å². The van der Waals surface area contributed by atoms with Gasteiger partial charge in [-0.15, -0.1) is 0 Å². The summed E-state index contributed by atoms with van der Waals surface area (Å²) < 4.78 is 2.86. The van der Waals surface area contributed by atoms with E-state index in [0.29, 0.717) is 19.4 Å². The molecule has 140 valence electrons. The fourth-order valence-corrected chi connectivity index (χ4v) is 2.95. The molecule has 0 spiro atoms. The van der Waals surface area contributed by atoms with E-state index in [1.165, 1.54) is 0 Å². The molecule has 0 aliphatic carbocycles. The Hall–Kier alpha value is -2.19. The second-order valence-corrected chi connectivity index (χ2v) is 7.00. The summed E-state index contributed by atoms with van der Waals surface area (Å²) in [6.45, 7) is 2.42. The Labute approximate surface area is 160 Å². The maximum atomic E-state index is 11.6. The SMILES string of the molecule is CCCC(NC(Cc1cncn1Cc1ccc(Br)cc1)C(=O)O)C(=O)O. The number of imidazole rings is 1. The Morgan fingerprint density at radius 1 is 1.19 bits per heavy atom. The number of hydrogen-bond acceptors (Lipinski definition) is 4. The first-order valence-corrected chi connectivity index (χ1v) is 9.15. The van der Waals surface area contributed by atoms with Crippen molar-refractivity contribution in [3.05, 3.63) is 52.5 Å². The van der Waals surface area contributed by atoms with Crippen LogP contribution in [0.4, 0.5) is 0 Å². The van der Waals surface area contributed by atoms with Crippen LogP contribution >= 0.6 is 15.9 Å². The van der Waals surface area contributed by atoms with Gasteiger partial charge in [-0.05, 0) is 24.1 Å². The minimum absolute atomic E-state index is 0.152. The van der Waals surface area contributed by atoms with E-state index in [-0.39, 0.29) is 6.42 Å². The van der Waals surface area contributed by atoms with Crippen molar-refractivity contribution >= 4 is 27.9 Å². The number of nitrogens with zero attached hydrogens (tertiary/aromatic N) is 2. The second kappa shape index (κ2) is 9.49. The Kier molecular flexibility index (Phi) is 7.35. The average molecular weight is 424 g/mol. The van der Waals surface area contributed by atoms with E-state index in [4.69, 9.17) is 0 Å². The van der Waals surface area contributed by atoms with Crippen LogP contribution in [0.3, 0.4) is 0 Å². The number of nitrogens with one attached hydrogen (secondary N) is 1. The Morgan fingerprint density at radius 2 is 1.85 bits per heavy atom. The van der Waals surface area contributed by atoms with Gasteiger partial charge in [-0.2, -0.15) is 0 Å². The summed E-state index contributed by atoms with van der Waals surface area (Å²) in [5, 5.41) is 21.5. The van der Waals surface area contributed by atoms with Gasteiger partial charge in [0.2, 0.25) is 0 Å². The number of carbonyl (C=O) groups is 2. The quantitative estimate of drug-likeness (QED) is 0.542. The smallest absolute Gasteiger partial charge is 0.321 e. The minimum atomic E-state index is -1.08. The van der Waals surface area contributed by atoms with Crippen LogP contribution < -0.4 is 5.32 Å². The molecular weight excluding hydrogens is 402 g/mol. The maximum absolute atomic E-state index is 11.6. The molecule has 1 aromatic heterocycles. The van der Waals surface area contributed by atoms with Crippen LogP contribution in [0.25, 0.3) is 0 Å². The summed E-state index contributed by atoms with van der Waals surface area (Å²) >= 11 is 3.39. The van der Waals surface area contributed by atoms with Gasteiger partial charge in [0.25, 0.3) is 0 Å². The summed E-state index contributed by atoms with van der Waals surface area (Å²) in [5.41, 5.74) is 1.79. The molecule has 2 aromatic rings. The molecule has 0 saturated heterocycles. The van der Waals surface area contributed by atoms with Crippen molar-refractivity contribution in [1.29, 1.82) is 0 Å². The highest BCUT2D eigenvalue weighted by Gasteiger charge is 2.26. The zero-order valence-electron chi connectivity index (χ0n) is 14.4. The normalized spacial score (nSPS) is 13.3. The first kappa shape index (κ1) is 20.1. The van der Waals surface area contributed by atoms with Crippen molar-refractivity contribution in [2.45, 2.75) is 44.8 Å². The minimum Gasteiger partial charge on any atom is -0.480 e. The number of aliphatic carboxylic acids is 2. The van der Waals surface area contributed by atoms with Gasteiger partial charge in [-0.25, -0.2) is 4.98 Å². The van der Waals surface area contributed by atoms with Crippen LogP contribution in [0.15, 0.2) is 41.3 Å². The van der Waals surface area contributed by atoms with E-state index in [2.05, 4.69) is 26.2 Å². The van der Waals surface area contributed by atoms with Crippen molar-refractivity contribution in [1.82, 2.24) is 14.9 Å². The Morgan fingerprint density at radius 3 is 2.42 bits per heavy atom. The molecule has 7 nitrogen and oxygen atoms in total. The molecule has 0 aliphatic rings. The van der Waals surface area contributed by atoms with Crippen LogP contribution in [0.1, 0.15) is 31.0 Å². The molecule has 0 amide bonds. The van der Waals surface area contributed by atoms with Gasteiger partial charge in [0.15, 0.2) is 0 Å². The summed E-state index contributed by atoms with van der Waals surface area (Å²) in [5.74, 6) is -2.12. The zero-order valence-corrected chi connectivity index (χ0v) is 16.0. The van der Waals surface area contributed by atoms with Gasteiger partial charge >= 0.3 is 11.9 Å². The summed E-state index contributed by atoms with van der Waals surface area (Å²) in [6, 6.07) is 5.95. The predicted molar refractivity (Wildman–Crippen MR) is 100 cm³/mol. The number of rotatable bonds is 10. The van der Waals surface area contributed by atoms with Crippen molar-refractivity contribution in [2.24, 2.45) is 0 Å². The monoisotopic (exact) mass is 423 g/mol. The first-order chi connectivity index (χ1) is 12.4. The first-order valence-electron chi connectivity index (χ1n) is 8.35. The fourth-order valence-electron chi connectivity index (χ4n) is 2.68. The molecule has 8 heteroatoms. The highest BCUT2D eigenvalue weighted by atomic mass is 79.9. The lowest BCUT2D eigenvalue weighted by Gasteiger charge is -2.20. The number of carboxylic acids is 2. The predicted octanol–water partition coefficient (Wildman–Crippen LogP) is 2.53. The molecule has 1 heterocycles. The third kappa shape index (κ3) is 5.67. The molecule has 0 radical (unpaired) electrons. The molecule has 1 aromatic carbocycles. The van der Waals surface area contributed by atoms with Gasteiger partial charge in [-0.3, -0.25) is 14.9 Å². The number of hydrogen-bond donors (Lipinski definition) is 3. The summed E-state index contributed by atoms with van der Waals surface area (Å²) in [7, 11) is 0. The van der Waals surface area contributed by atoms with E-state index in [1.807, 2.05) is 35.8 Å². The van der Waals surface area contributed by atoms with Gasteiger partial charge in [0, 0.05) is 29.3 Å². The highest BCUT2D eigenvalue weighted by Crippen LogP contribution is 2.13. The number of benzene rings is 1. The third-order valence-electron chi connectivity index (χ3n) is 4.05. The van der Waals surface area contributed by atoms with Crippen molar-refractivity contribution < 1.29 is 19.8 Å². The summed E-state index contributed by atoms with van der Waals surface area (Å²) in [6.07, 6.45) is 4.44. The molecule has 26 heavy (non-hydrogen) atoms. The number of carboxylic acid groups (broad SMARTS) is 2. The van der Waals surface area contributed by atoms with Crippen molar-refractivity contribution in [3.63, 3.8) is 0 Å². The Bertz CT molecular complexity index is 745. The van der Waals surface area contributed by atoms with Crippen LogP contribution in [-0.4, -0.2) is 43.8 Å². The number of aromatic nitrogens is 2. The molecule has 0 saturated carbocycles. The fraction of sp³-hybridized carbons (Fsp3) is 0.389. The van der Waals surface area contributed by atoms with Crippen molar-refractivity contribution in [2.75, 3.05) is 0 Å². The van der Waals surface area contributed by atoms with Crippen LogP contribution in [-0.2, 0) is 22.6 Å². The molecule has 0 bridgehead atoms. The maximum Gasteiger partial charge on any atom is 0.321 e. The molecular formula is C18H22BrN3O4. The van der Waals surface area contributed by atoms with E-state index < -0.39 is 24.0 Å². The largest absolute Gasteiger partial charge is 0.480 e. The van der Waals surface area contributed by atoms with Crippen LogP contribution in [0.5, 0.6) is 0 Å². The molecule has 2 unspecified atom stereocenters. The third-order valence-corrected chi connectivity index (χ3v) is 4.58. The van der Waals surface area contributed by atoms with E-state index in [9.17, 15) is 19.8 Å². The second-order valence-electron chi connectivity index (χ2n) is 6.08. The van der Waals surface area contributed by atoms with Crippen molar-refractivity contribution in [3.8, 4) is 0 Å². The lowest BCUT2D eigenvalue weighted by atomic mass is 10.1. The van der Waals surface area contributed by atoms with Crippen LogP contribution in [0, 0.1) is 0 Å². The molecule has 2 rings (SSSR count). The lowest BCUT2D eigenvalue weighted by molar-refractivity contribution is -0.142. The topological polar surface area (TPSA) is 104 Å². The standard InChI is InChI=1S/C18H22BrN3O4/c1-2-3-15(17(23)24)21-16(18(25)26)8-14-9-20-11-22(14)10-12-4-6-13(19)7-5-12/h4-7,9,11,15-16,21H,2-3,8,10H2,1H3,(H,23,24)(H,25,26). The summed E-state index contributed by atoms with van der Waals surface area (Å²) in [4.78, 5) is 27.0. The lowest BCUT2D eigenvalue weighted by Crippen LogP contribution is -2.48. The van der Waals surface area contributed by atoms with Gasteiger partial charge in [0.1, 0.15) is 12.1 Å². The molecule has 2 atom stereocenters. The Balaban J connectivity index is 2.12. The van der Waals surface area contributed by atoms with E-state index >= 15 is 0 Å². The zero-order chi connectivity index (χ0) is 19.1. The van der Waals surface area contributed by atoms with E-state index in [0.717, 1.165) is 15.7 Å². The number of halogens is 1. The van der Waals surface area contributed by atoms with E-state index in [1.54, 1.807) is 12.5 Å². The highest BCUT2D eigenvalue weighted by molar-refractivity contribution is 9.10. The average Bonchev–Trinajstić information content (AvgIpc) is 3.02. The van der Waals surface area contributed by atoms with Gasteiger partial charge < -0.3 is 14.8 Å². The van der Waals surface area contributed by atoms with Gasteiger partial charge in [-0.1, -0.05) is 41.4 Å². The molecule has 0 aliphatic heterocycles.